The minimum Gasteiger partial charge on any atom is -0.507 e. The van der Waals surface area contributed by atoms with Crippen molar-refractivity contribution in [2.45, 2.75) is 52.4 Å². The third kappa shape index (κ3) is 5.25. The van der Waals surface area contributed by atoms with E-state index in [1.54, 1.807) is 24.3 Å². The van der Waals surface area contributed by atoms with Crippen molar-refractivity contribution in [2.24, 2.45) is 0 Å². The molecule has 0 atom stereocenters. The summed E-state index contributed by atoms with van der Waals surface area (Å²) in [5.41, 5.74) is 3.87. The van der Waals surface area contributed by atoms with Crippen LogP contribution in [-0.2, 0) is 10.8 Å². The van der Waals surface area contributed by atoms with Gasteiger partial charge in [-0.1, -0.05) is 65.8 Å². The third-order valence-corrected chi connectivity index (χ3v) is 5.60. The van der Waals surface area contributed by atoms with Gasteiger partial charge >= 0.3 is 5.97 Å². The van der Waals surface area contributed by atoms with Crippen molar-refractivity contribution in [1.29, 1.82) is 0 Å². The number of hydrogen-bond donors (Lipinski definition) is 3. The second kappa shape index (κ2) is 8.74. The van der Waals surface area contributed by atoms with Crippen molar-refractivity contribution >= 4 is 17.6 Å². The number of aromatic carboxylic acids is 1. The average molecular weight is 446 g/mol. The Bertz CT molecular complexity index is 1160. The normalized spacial score (nSPS) is 11.8. The Labute approximate surface area is 195 Å². The molecule has 0 unspecified atom stereocenters. The molecule has 0 aromatic heterocycles. The van der Waals surface area contributed by atoms with Gasteiger partial charge in [-0.3, -0.25) is 4.79 Å². The zero-order chi connectivity index (χ0) is 24.6. The van der Waals surface area contributed by atoms with Crippen molar-refractivity contribution in [1.82, 2.24) is 0 Å². The smallest absolute Gasteiger partial charge is 0.336 e. The Balaban J connectivity index is 1.95. The predicted molar refractivity (Wildman–Crippen MR) is 132 cm³/mol. The van der Waals surface area contributed by atoms with Crippen LogP contribution in [-0.4, -0.2) is 22.1 Å². The number of phenols is 1. The maximum atomic E-state index is 12.6. The molecular formula is C28H31NO4. The summed E-state index contributed by atoms with van der Waals surface area (Å²) in [6, 6.07) is 17.5. The highest BCUT2D eigenvalue weighted by Crippen LogP contribution is 2.42. The van der Waals surface area contributed by atoms with E-state index >= 15 is 0 Å². The number of phenolic OH excluding ortho intramolecular Hbond substituents is 1. The molecule has 0 saturated heterocycles. The van der Waals surface area contributed by atoms with Gasteiger partial charge in [0.2, 0.25) is 0 Å². The average Bonchev–Trinajstić information content (AvgIpc) is 2.72. The third-order valence-electron chi connectivity index (χ3n) is 5.60. The van der Waals surface area contributed by atoms with E-state index in [9.17, 15) is 19.8 Å². The lowest BCUT2D eigenvalue weighted by atomic mass is 9.78. The van der Waals surface area contributed by atoms with E-state index in [1.807, 2.05) is 24.3 Å². The summed E-state index contributed by atoms with van der Waals surface area (Å²) in [5.74, 6) is -1.29. The Morgan fingerprint density at radius 3 is 1.67 bits per heavy atom. The van der Waals surface area contributed by atoms with Crippen molar-refractivity contribution in [3.63, 3.8) is 0 Å². The SMILES string of the molecule is CC(C)(C)c1cc(-c2ccc(NC(=O)c3ccccc3C(=O)O)cc2)cc(C(C)(C)C)c1O. The fraction of sp³-hybridized carbons (Fsp3) is 0.286. The maximum Gasteiger partial charge on any atom is 0.336 e. The van der Waals surface area contributed by atoms with Gasteiger partial charge in [-0.05, 0) is 58.4 Å². The highest BCUT2D eigenvalue weighted by molar-refractivity contribution is 6.10. The van der Waals surface area contributed by atoms with Gasteiger partial charge < -0.3 is 15.5 Å². The zero-order valence-electron chi connectivity index (χ0n) is 20.0. The molecule has 1 amide bonds. The zero-order valence-corrected chi connectivity index (χ0v) is 20.0. The molecule has 0 bridgehead atoms. The van der Waals surface area contributed by atoms with E-state index < -0.39 is 11.9 Å². The van der Waals surface area contributed by atoms with E-state index in [2.05, 4.69) is 46.9 Å². The molecule has 5 heteroatoms. The van der Waals surface area contributed by atoms with Crippen LogP contribution in [0.5, 0.6) is 5.75 Å². The van der Waals surface area contributed by atoms with Crippen LogP contribution in [0.25, 0.3) is 11.1 Å². The lowest BCUT2D eigenvalue weighted by molar-refractivity contribution is 0.0692. The molecule has 0 aliphatic heterocycles. The molecule has 33 heavy (non-hydrogen) atoms. The molecule has 0 aliphatic rings. The molecule has 3 aromatic carbocycles. The van der Waals surface area contributed by atoms with Crippen LogP contribution in [0, 0.1) is 0 Å². The number of aromatic hydroxyl groups is 1. The van der Waals surface area contributed by atoms with Crippen LogP contribution in [0.3, 0.4) is 0 Å². The number of carbonyl (C=O) groups is 2. The van der Waals surface area contributed by atoms with Gasteiger partial charge in [0.05, 0.1) is 11.1 Å². The molecule has 5 nitrogen and oxygen atoms in total. The highest BCUT2D eigenvalue weighted by Gasteiger charge is 2.26. The van der Waals surface area contributed by atoms with Gasteiger partial charge in [-0.15, -0.1) is 0 Å². The molecule has 3 rings (SSSR count). The van der Waals surface area contributed by atoms with Crippen LogP contribution >= 0.6 is 0 Å². The fourth-order valence-corrected chi connectivity index (χ4v) is 3.76. The lowest BCUT2D eigenvalue weighted by Crippen LogP contribution is -2.17. The highest BCUT2D eigenvalue weighted by atomic mass is 16.4. The van der Waals surface area contributed by atoms with Gasteiger partial charge in [0, 0.05) is 16.8 Å². The summed E-state index contributed by atoms with van der Waals surface area (Å²) in [6.07, 6.45) is 0. The first kappa shape index (κ1) is 24.1. The molecule has 0 radical (unpaired) electrons. The number of hydrogen-bond acceptors (Lipinski definition) is 3. The fourth-order valence-electron chi connectivity index (χ4n) is 3.76. The molecule has 0 heterocycles. The minimum absolute atomic E-state index is 0.0415. The Hall–Kier alpha value is -3.60. The molecule has 3 N–H and O–H groups in total. The number of rotatable bonds is 4. The number of carboxylic acids is 1. The van der Waals surface area contributed by atoms with Crippen LogP contribution in [0.2, 0.25) is 0 Å². The second-order valence-electron chi connectivity index (χ2n) is 10.3. The second-order valence-corrected chi connectivity index (χ2v) is 10.3. The summed E-state index contributed by atoms with van der Waals surface area (Å²) in [7, 11) is 0. The van der Waals surface area contributed by atoms with E-state index in [-0.39, 0.29) is 22.0 Å². The van der Waals surface area contributed by atoms with E-state index in [0.29, 0.717) is 11.4 Å². The molecule has 0 fully saturated rings. The van der Waals surface area contributed by atoms with Gasteiger partial charge in [-0.25, -0.2) is 4.79 Å². The minimum atomic E-state index is -1.15. The maximum absolute atomic E-state index is 12.6. The molecule has 0 spiro atoms. The number of carboxylic acid groups (broad SMARTS) is 1. The number of benzene rings is 3. The summed E-state index contributed by atoms with van der Waals surface area (Å²) >= 11 is 0. The molecule has 0 saturated carbocycles. The van der Waals surface area contributed by atoms with Crippen molar-refractivity contribution in [2.75, 3.05) is 5.32 Å². The van der Waals surface area contributed by atoms with Gasteiger partial charge in [-0.2, -0.15) is 0 Å². The Morgan fingerprint density at radius 1 is 0.727 bits per heavy atom. The number of nitrogens with one attached hydrogen (secondary N) is 1. The van der Waals surface area contributed by atoms with Gasteiger partial charge in [0.15, 0.2) is 0 Å². The predicted octanol–water partition coefficient (Wildman–Crippen LogP) is 6.60. The number of anilines is 1. The molecular weight excluding hydrogens is 414 g/mol. The van der Waals surface area contributed by atoms with Crippen LogP contribution in [0.1, 0.15) is 73.4 Å². The van der Waals surface area contributed by atoms with Crippen LogP contribution in [0.4, 0.5) is 5.69 Å². The Morgan fingerprint density at radius 2 is 1.21 bits per heavy atom. The molecule has 0 aliphatic carbocycles. The summed E-state index contributed by atoms with van der Waals surface area (Å²) in [5, 5.41) is 23.0. The van der Waals surface area contributed by atoms with Crippen molar-refractivity contribution in [3.8, 4) is 16.9 Å². The largest absolute Gasteiger partial charge is 0.507 e. The quantitative estimate of drug-likeness (QED) is 0.422. The summed E-state index contributed by atoms with van der Waals surface area (Å²) < 4.78 is 0. The first-order valence-electron chi connectivity index (χ1n) is 10.9. The van der Waals surface area contributed by atoms with Crippen molar-refractivity contribution in [3.05, 3.63) is 82.9 Å². The van der Waals surface area contributed by atoms with Gasteiger partial charge in [0.25, 0.3) is 5.91 Å². The van der Waals surface area contributed by atoms with E-state index in [4.69, 9.17) is 0 Å². The van der Waals surface area contributed by atoms with Crippen LogP contribution < -0.4 is 5.32 Å². The number of carbonyl (C=O) groups excluding carboxylic acids is 1. The standard InChI is InChI=1S/C28H31NO4/c1-27(2,3)22-15-18(16-23(24(22)30)28(4,5)6)17-11-13-19(14-12-17)29-25(31)20-9-7-8-10-21(20)26(32)33/h7-16,30H,1-6H3,(H,29,31)(H,32,33). The first-order chi connectivity index (χ1) is 15.3. The lowest BCUT2D eigenvalue weighted by Gasteiger charge is -2.28. The molecule has 3 aromatic rings. The van der Waals surface area contributed by atoms with E-state index in [0.717, 1.165) is 22.3 Å². The number of amides is 1. The summed E-state index contributed by atoms with van der Waals surface area (Å²) in [6.45, 7) is 12.5. The Kier molecular flexibility index (Phi) is 6.37. The molecule has 172 valence electrons. The van der Waals surface area contributed by atoms with Gasteiger partial charge in [0.1, 0.15) is 5.75 Å². The van der Waals surface area contributed by atoms with E-state index in [1.165, 1.54) is 12.1 Å². The van der Waals surface area contributed by atoms with Crippen molar-refractivity contribution < 1.29 is 19.8 Å². The monoisotopic (exact) mass is 445 g/mol. The summed E-state index contributed by atoms with van der Waals surface area (Å²) in [4.78, 5) is 24.0. The van der Waals surface area contributed by atoms with Crippen LogP contribution in [0.15, 0.2) is 60.7 Å². The first-order valence-corrected chi connectivity index (χ1v) is 10.9. The topological polar surface area (TPSA) is 86.6 Å².